The van der Waals surface area contributed by atoms with Gasteiger partial charge >= 0.3 is 5.97 Å². The number of benzene rings is 1. The van der Waals surface area contributed by atoms with Crippen LogP contribution in [-0.2, 0) is 49.1 Å². The molecule has 0 spiro atoms. The average molecular weight is 863 g/mol. The second kappa shape index (κ2) is 25.7. The lowest BCUT2D eigenvalue weighted by molar-refractivity contribution is -0.152. The SMILES string of the molecule is CC[C@H](C)[C@@H]([C@@H](CC(=O)N1CCC[C@H]1[C@H](OC)[C@@H](C)C(=O)N[C@H](C)[C@@H](OC(=O)CCC[S+](C)C)c1ccccc1)OC)N(C)C(=O)[C@@H](NC(=O)[C@H](C(C)C)N(C)C)C(C)C. The summed E-state index contributed by atoms with van der Waals surface area (Å²) in [5.74, 6) is -1.02. The molecule has 0 aliphatic carbocycles. The van der Waals surface area contributed by atoms with Gasteiger partial charge in [0, 0.05) is 40.7 Å². The van der Waals surface area contributed by atoms with Crippen molar-refractivity contribution in [1.82, 2.24) is 25.3 Å². The molecule has 0 radical (unpaired) electrons. The molecule has 342 valence electrons. The highest BCUT2D eigenvalue weighted by atomic mass is 32.2. The Morgan fingerprint density at radius 1 is 0.883 bits per heavy atom. The molecule has 13 nitrogen and oxygen atoms in total. The molecule has 0 bridgehead atoms. The van der Waals surface area contributed by atoms with Crippen LogP contribution >= 0.6 is 0 Å². The third-order valence-electron chi connectivity index (χ3n) is 12.1. The standard InChI is InChI=1S/C46H79N5O8S/c1-16-31(6)41(50(11)46(56)39(29(2)3)48-45(55)40(30(4)5)49(9)10)36(57-12)28-37(52)51-26-20-24-35(51)42(58-13)32(7)44(54)47-33(8)43(34-22-18-17-19-23-34)59-38(53)25-21-27-60(14)15/h17-19,22-23,29-33,35-36,39-43H,16,20-21,24-28H2,1-15H3,(H-,47,48,54,55)/p+1/t31-,32+,33+,35-,36+,39-,40-,41-,42+,43+/m0/s1. The maximum absolute atomic E-state index is 14.4. The van der Waals surface area contributed by atoms with Crippen molar-refractivity contribution in [3.05, 3.63) is 35.9 Å². The normalized spacial score (nSPS) is 19.0. The molecule has 4 amide bonds. The first-order chi connectivity index (χ1) is 28.2. The number of carbonyl (C=O) groups excluding carboxylic acids is 5. The van der Waals surface area contributed by atoms with E-state index < -0.39 is 48.4 Å². The summed E-state index contributed by atoms with van der Waals surface area (Å²) in [5.41, 5.74) is 0.789. The molecule has 1 aliphatic rings. The van der Waals surface area contributed by atoms with Crippen LogP contribution in [0.2, 0.25) is 0 Å². The van der Waals surface area contributed by atoms with Crippen molar-refractivity contribution >= 4 is 40.5 Å². The molecule has 1 fully saturated rings. The number of nitrogens with one attached hydrogen (secondary N) is 2. The summed E-state index contributed by atoms with van der Waals surface area (Å²) < 4.78 is 18.1. The summed E-state index contributed by atoms with van der Waals surface area (Å²) >= 11 is 0. The van der Waals surface area contributed by atoms with Gasteiger partial charge in [-0.05, 0) is 68.1 Å². The number of likely N-dealkylation sites (tertiary alicyclic amines) is 1. The Bertz CT molecular complexity index is 1490. The van der Waals surface area contributed by atoms with Crippen molar-refractivity contribution in [3.8, 4) is 0 Å². The van der Waals surface area contributed by atoms with E-state index in [0.29, 0.717) is 19.4 Å². The first-order valence-corrected chi connectivity index (χ1v) is 24.1. The highest BCUT2D eigenvalue weighted by Gasteiger charge is 2.43. The Labute approximate surface area is 365 Å². The molecule has 0 saturated carbocycles. The van der Waals surface area contributed by atoms with Crippen LogP contribution in [0.25, 0.3) is 0 Å². The Morgan fingerprint density at radius 2 is 1.52 bits per heavy atom. The quantitative estimate of drug-likeness (QED) is 0.102. The number of hydrogen-bond donors (Lipinski definition) is 2. The van der Waals surface area contributed by atoms with Gasteiger partial charge in [-0.3, -0.25) is 28.9 Å². The average Bonchev–Trinajstić information content (AvgIpc) is 3.67. The van der Waals surface area contributed by atoms with Crippen LogP contribution in [0.4, 0.5) is 0 Å². The van der Waals surface area contributed by atoms with E-state index in [0.717, 1.165) is 30.6 Å². The Hall–Kier alpha value is -3.20. The van der Waals surface area contributed by atoms with Crippen LogP contribution in [0.15, 0.2) is 30.3 Å². The highest BCUT2D eigenvalue weighted by molar-refractivity contribution is 7.95. The van der Waals surface area contributed by atoms with Gasteiger partial charge in [0.1, 0.15) is 17.9 Å². The van der Waals surface area contributed by atoms with Crippen molar-refractivity contribution < 1.29 is 38.2 Å². The number of amides is 4. The largest absolute Gasteiger partial charge is 0.455 e. The first-order valence-electron chi connectivity index (χ1n) is 21.9. The predicted molar refractivity (Wildman–Crippen MR) is 241 cm³/mol. The van der Waals surface area contributed by atoms with Crippen LogP contribution in [0.5, 0.6) is 0 Å². The highest BCUT2D eigenvalue weighted by Crippen LogP contribution is 2.30. The molecule has 1 heterocycles. The van der Waals surface area contributed by atoms with E-state index in [-0.39, 0.29) is 70.7 Å². The van der Waals surface area contributed by atoms with Crippen LogP contribution in [-0.4, -0.2) is 147 Å². The number of carbonyl (C=O) groups is 5. The summed E-state index contributed by atoms with van der Waals surface area (Å²) in [4.78, 5) is 74.4. The topological polar surface area (TPSA) is 147 Å². The lowest BCUT2D eigenvalue weighted by atomic mass is 9.89. The number of ether oxygens (including phenoxy) is 3. The molecular formula is C46H80N5O8S+. The minimum Gasteiger partial charge on any atom is -0.455 e. The van der Waals surface area contributed by atoms with E-state index in [1.165, 1.54) is 0 Å². The van der Waals surface area contributed by atoms with E-state index >= 15 is 0 Å². The monoisotopic (exact) mass is 863 g/mol. The Balaban J connectivity index is 2.28. The van der Waals surface area contributed by atoms with Crippen LogP contribution in [0.1, 0.15) is 106 Å². The molecule has 1 aliphatic heterocycles. The summed E-state index contributed by atoms with van der Waals surface area (Å²) in [6.45, 7) is 16.0. The summed E-state index contributed by atoms with van der Waals surface area (Å²) in [6, 6.07) is 6.90. The molecule has 2 rings (SSSR count). The van der Waals surface area contributed by atoms with Gasteiger partial charge in [0.15, 0.2) is 0 Å². The van der Waals surface area contributed by atoms with Gasteiger partial charge < -0.3 is 34.6 Å². The second-order valence-electron chi connectivity index (χ2n) is 17.9. The Morgan fingerprint density at radius 3 is 2.03 bits per heavy atom. The molecule has 1 saturated heterocycles. The van der Waals surface area contributed by atoms with Gasteiger partial charge in [-0.15, -0.1) is 0 Å². The van der Waals surface area contributed by atoms with Gasteiger partial charge in [-0.25, -0.2) is 0 Å². The molecule has 1 aromatic rings. The zero-order chi connectivity index (χ0) is 45.4. The van der Waals surface area contributed by atoms with Crippen molar-refractivity contribution in [3.63, 3.8) is 0 Å². The third-order valence-corrected chi connectivity index (χ3v) is 13.2. The van der Waals surface area contributed by atoms with E-state index in [1.54, 1.807) is 38.0 Å². The molecule has 0 unspecified atom stereocenters. The van der Waals surface area contributed by atoms with E-state index in [1.807, 2.05) is 97.8 Å². The lowest BCUT2D eigenvalue weighted by Crippen LogP contribution is -2.59. The van der Waals surface area contributed by atoms with E-state index in [4.69, 9.17) is 14.2 Å². The summed E-state index contributed by atoms with van der Waals surface area (Å²) in [7, 11) is 8.81. The van der Waals surface area contributed by atoms with Gasteiger partial charge in [-0.1, -0.05) is 85.2 Å². The fraction of sp³-hybridized carbons (Fsp3) is 0.761. The van der Waals surface area contributed by atoms with Crippen molar-refractivity contribution in [2.24, 2.45) is 23.7 Å². The fourth-order valence-electron chi connectivity index (χ4n) is 8.65. The second-order valence-corrected chi connectivity index (χ2v) is 20.3. The fourth-order valence-corrected chi connectivity index (χ4v) is 9.37. The van der Waals surface area contributed by atoms with Crippen LogP contribution in [0.3, 0.4) is 0 Å². The molecule has 1 aromatic carbocycles. The number of likely N-dealkylation sites (N-methyl/N-ethyl adjacent to an activating group) is 2. The minimum atomic E-state index is -0.769. The minimum absolute atomic E-state index is 0.0180. The van der Waals surface area contributed by atoms with Crippen molar-refractivity contribution in [2.75, 3.05) is 60.2 Å². The van der Waals surface area contributed by atoms with Crippen molar-refractivity contribution in [1.29, 1.82) is 0 Å². The first kappa shape index (κ1) is 52.9. The van der Waals surface area contributed by atoms with Gasteiger partial charge in [0.2, 0.25) is 23.6 Å². The molecule has 2 N–H and O–H groups in total. The number of esters is 1. The maximum atomic E-state index is 14.4. The van der Waals surface area contributed by atoms with E-state index in [9.17, 15) is 24.0 Å². The van der Waals surface area contributed by atoms with Crippen LogP contribution < -0.4 is 10.6 Å². The van der Waals surface area contributed by atoms with Crippen molar-refractivity contribution in [2.45, 2.75) is 142 Å². The summed E-state index contributed by atoms with van der Waals surface area (Å²) in [6.07, 6.45) is 5.57. The van der Waals surface area contributed by atoms with Crippen LogP contribution in [0, 0.1) is 23.7 Å². The smallest absolute Gasteiger partial charge is 0.306 e. The molecule has 10 atom stereocenters. The number of nitrogens with zero attached hydrogens (tertiary/aromatic N) is 3. The van der Waals surface area contributed by atoms with E-state index in [2.05, 4.69) is 23.1 Å². The molecule has 14 heteroatoms. The lowest BCUT2D eigenvalue weighted by Gasteiger charge is -2.41. The number of rotatable bonds is 25. The van der Waals surface area contributed by atoms with Gasteiger partial charge in [-0.2, -0.15) is 0 Å². The zero-order valence-corrected chi connectivity index (χ0v) is 40.3. The number of methoxy groups -OCH3 is 2. The third kappa shape index (κ3) is 15.0. The van der Waals surface area contributed by atoms with Gasteiger partial charge in [0.05, 0.1) is 61.2 Å². The predicted octanol–water partition coefficient (Wildman–Crippen LogP) is 5.08. The van der Waals surface area contributed by atoms with Gasteiger partial charge in [0.25, 0.3) is 0 Å². The molecule has 60 heavy (non-hydrogen) atoms. The Kier molecular flexibility index (Phi) is 22.6. The molecule has 0 aromatic heterocycles. The zero-order valence-electron chi connectivity index (χ0n) is 39.5. The number of hydrogen-bond acceptors (Lipinski definition) is 9. The molecular weight excluding hydrogens is 783 g/mol. The summed E-state index contributed by atoms with van der Waals surface area (Å²) in [5, 5.41) is 6.15. The maximum Gasteiger partial charge on any atom is 0.306 e.